The van der Waals surface area contributed by atoms with Crippen molar-refractivity contribution in [3.63, 3.8) is 0 Å². The minimum absolute atomic E-state index is 0.415. The van der Waals surface area contributed by atoms with Crippen LogP contribution in [-0.4, -0.2) is 22.6 Å². The van der Waals surface area contributed by atoms with E-state index in [1.807, 2.05) is 18.2 Å². The molecule has 0 radical (unpaired) electrons. The van der Waals surface area contributed by atoms with Crippen molar-refractivity contribution in [3.05, 3.63) is 23.8 Å². The van der Waals surface area contributed by atoms with Crippen molar-refractivity contribution in [1.29, 1.82) is 0 Å². The summed E-state index contributed by atoms with van der Waals surface area (Å²) in [7, 11) is -0.835. The number of hydrogen-bond donors (Lipinski definition) is 0. The zero-order chi connectivity index (χ0) is 12.3. The molecule has 0 aliphatic carbocycles. The Hall–Kier alpha value is 0.0838. The molecular formula is C9H11Cl3O3Si2. The maximum Gasteiger partial charge on any atom is 0.366 e. The molecular weight excluding hydrogens is 319 g/mol. The summed E-state index contributed by atoms with van der Waals surface area (Å²) in [5.74, 6) is 1.65. The molecule has 0 unspecified atom stereocenters. The molecule has 0 N–H and O–H groups in total. The van der Waals surface area contributed by atoms with Gasteiger partial charge in [-0.3, -0.25) is 0 Å². The lowest BCUT2D eigenvalue weighted by Crippen LogP contribution is -2.16. The van der Waals surface area contributed by atoms with E-state index >= 15 is 0 Å². The Balaban J connectivity index is 1.93. The SMILES string of the molecule is Cl[Si](Cl)(Cl)CCOc1ccc2c(c1)CO[SiH2]O2. The first kappa shape index (κ1) is 13.5. The van der Waals surface area contributed by atoms with E-state index in [4.69, 9.17) is 46.8 Å². The van der Waals surface area contributed by atoms with Gasteiger partial charge in [0.25, 0.3) is 0 Å². The minimum atomic E-state index is -2.59. The number of ether oxygens (including phenoxy) is 1. The predicted molar refractivity (Wildman–Crippen MR) is 74.0 cm³/mol. The number of benzene rings is 1. The van der Waals surface area contributed by atoms with Gasteiger partial charge in [0, 0.05) is 11.6 Å². The van der Waals surface area contributed by atoms with Crippen LogP contribution >= 0.6 is 33.2 Å². The topological polar surface area (TPSA) is 27.7 Å². The van der Waals surface area contributed by atoms with E-state index in [1.165, 1.54) is 0 Å². The van der Waals surface area contributed by atoms with E-state index in [9.17, 15) is 0 Å². The molecule has 94 valence electrons. The Bertz CT molecular complexity index is 398. The smallest absolute Gasteiger partial charge is 0.366 e. The summed E-state index contributed by atoms with van der Waals surface area (Å²) >= 11 is 17.3. The van der Waals surface area contributed by atoms with Crippen LogP contribution in [0.25, 0.3) is 0 Å². The molecule has 0 aromatic heterocycles. The van der Waals surface area contributed by atoms with Crippen LogP contribution in [0.3, 0.4) is 0 Å². The van der Waals surface area contributed by atoms with Crippen molar-refractivity contribution in [2.75, 3.05) is 6.61 Å². The van der Waals surface area contributed by atoms with Gasteiger partial charge in [-0.1, -0.05) is 0 Å². The highest BCUT2D eigenvalue weighted by atomic mass is 35.8. The largest absolute Gasteiger partial charge is 0.524 e. The van der Waals surface area contributed by atoms with Gasteiger partial charge in [0.2, 0.25) is 0 Å². The van der Waals surface area contributed by atoms with Crippen LogP contribution in [-0.2, 0) is 11.0 Å². The van der Waals surface area contributed by atoms with Crippen molar-refractivity contribution >= 4 is 49.2 Å². The first-order valence-corrected chi connectivity index (χ1v) is 11.5. The molecule has 0 bridgehead atoms. The molecule has 1 heterocycles. The highest BCUT2D eigenvalue weighted by Crippen LogP contribution is 2.28. The van der Waals surface area contributed by atoms with Crippen LogP contribution in [0.4, 0.5) is 0 Å². The number of halogens is 3. The van der Waals surface area contributed by atoms with Crippen LogP contribution in [0.1, 0.15) is 5.56 Å². The van der Waals surface area contributed by atoms with Gasteiger partial charge in [-0.05, 0) is 18.2 Å². The van der Waals surface area contributed by atoms with Gasteiger partial charge < -0.3 is 13.6 Å². The van der Waals surface area contributed by atoms with Crippen LogP contribution in [0, 0.1) is 0 Å². The summed E-state index contributed by atoms with van der Waals surface area (Å²) in [6, 6.07) is 3.55. The van der Waals surface area contributed by atoms with Crippen molar-refractivity contribution in [2.45, 2.75) is 12.7 Å². The van der Waals surface area contributed by atoms with Crippen molar-refractivity contribution < 1.29 is 13.6 Å². The monoisotopic (exact) mass is 328 g/mol. The normalized spacial score (nSPS) is 16.4. The molecule has 0 spiro atoms. The molecule has 1 aromatic rings. The van der Waals surface area contributed by atoms with Gasteiger partial charge >= 0.3 is 16.0 Å². The van der Waals surface area contributed by atoms with Crippen LogP contribution in [0.5, 0.6) is 11.5 Å². The maximum absolute atomic E-state index is 5.77. The molecule has 3 nitrogen and oxygen atoms in total. The minimum Gasteiger partial charge on any atom is -0.524 e. The van der Waals surface area contributed by atoms with Crippen molar-refractivity contribution in [2.24, 2.45) is 0 Å². The second-order valence-electron chi connectivity index (χ2n) is 3.59. The van der Waals surface area contributed by atoms with Crippen LogP contribution in [0.2, 0.25) is 6.04 Å². The van der Waals surface area contributed by atoms with E-state index in [0.29, 0.717) is 19.3 Å². The second kappa shape index (κ2) is 5.82. The summed E-state index contributed by atoms with van der Waals surface area (Å²) in [5.41, 5.74) is 1.01. The second-order valence-corrected chi connectivity index (χ2v) is 13.8. The quantitative estimate of drug-likeness (QED) is 0.628. The summed E-state index contributed by atoms with van der Waals surface area (Å²) in [6.45, 7) is 1.01. The Morgan fingerprint density at radius 1 is 1.35 bits per heavy atom. The van der Waals surface area contributed by atoms with Crippen LogP contribution in [0.15, 0.2) is 18.2 Å². The first-order chi connectivity index (χ1) is 8.04. The van der Waals surface area contributed by atoms with Gasteiger partial charge in [-0.15, -0.1) is 33.2 Å². The lowest BCUT2D eigenvalue weighted by Gasteiger charge is -2.18. The average Bonchev–Trinajstić information content (AvgIpc) is 2.27. The maximum atomic E-state index is 5.77. The van der Waals surface area contributed by atoms with E-state index in [-0.39, 0.29) is 0 Å². The fraction of sp³-hybridized carbons (Fsp3) is 0.333. The Morgan fingerprint density at radius 3 is 2.94 bits per heavy atom. The van der Waals surface area contributed by atoms with Gasteiger partial charge in [-0.2, -0.15) is 0 Å². The fourth-order valence-electron chi connectivity index (χ4n) is 1.44. The zero-order valence-electron chi connectivity index (χ0n) is 8.92. The van der Waals surface area contributed by atoms with E-state index in [0.717, 1.165) is 17.1 Å². The molecule has 8 heteroatoms. The number of rotatable bonds is 4. The molecule has 0 atom stereocenters. The van der Waals surface area contributed by atoms with Gasteiger partial charge in [0.15, 0.2) is 0 Å². The molecule has 1 aliphatic rings. The highest BCUT2D eigenvalue weighted by Gasteiger charge is 2.24. The standard InChI is InChI=1S/C9H11Cl3O3Si2/c10-17(11,12)4-3-13-8-1-2-9-7(5-8)6-14-16-15-9/h1-2,5H,3-4,6,16H2. The zero-order valence-corrected chi connectivity index (χ0v) is 13.6. The lowest BCUT2D eigenvalue weighted by molar-refractivity contribution is 0.250. The predicted octanol–water partition coefficient (Wildman–Crippen LogP) is 2.63. The summed E-state index contributed by atoms with van der Waals surface area (Å²) in [4.78, 5) is 0. The molecule has 1 aliphatic heterocycles. The first-order valence-electron chi connectivity index (χ1n) is 5.08. The third-order valence-electron chi connectivity index (χ3n) is 2.24. The third kappa shape index (κ3) is 4.35. The Labute approximate surface area is 117 Å². The Morgan fingerprint density at radius 2 is 2.18 bits per heavy atom. The summed E-state index contributed by atoms with van der Waals surface area (Å²) in [5, 5.41) is 0. The molecule has 2 rings (SSSR count). The van der Waals surface area contributed by atoms with Gasteiger partial charge in [0.1, 0.15) is 11.5 Å². The average molecular weight is 330 g/mol. The van der Waals surface area contributed by atoms with Gasteiger partial charge in [0.05, 0.1) is 13.2 Å². The molecule has 0 amide bonds. The van der Waals surface area contributed by atoms with E-state index in [1.54, 1.807) is 0 Å². The number of fused-ring (bicyclic) bond motifs is 1. The van der Waals surface area contributed by atoms with E-state index in [2.05, 4.69) is 0 Å². The van der Waals surface area contributed by atoms with E-state index < -0.39 is 16.0 Å². The number of hydrogen-bond acceptors (Lipinski definition) is 3. The van der Waals surface area contributed by atoms with Crippen molar-refractivity contribution in [1.82, 2.24) is 0 Å². The fourth-order valence-corrected chi connectivity index (χ4v) is 3.26. The van der Waals surface area contributed by atoms with Crippen molar-refractivity contribution in [3.8, 4) is 11.5 Å². The Kier molecular flexibility index (Phi) is 4.62. The summed E-state index contributed by atoms with van der Waals surface area (Å²) < 4.78 is 16.3. The summed E-state index contributed by atoms with van der Waals surface area (Å²) in [6.07, 6.45) is 0. The lowest BCUT2D eigenvalue weighted by atomic mass is 10.2. The molecule has 1 aromatic carbocycles. The van der Waals surface area contributed by atoms with Crippen LogP contribution < -0.4 is 9.16 Å². The molecule has 0 saturated heterocycles. The molecule has 17 heavy (non-hydrogen) atoms. The third-order valence-corrected chi connectivity index (χ3v) is 5.51. The molecule has 0 fully saturated rings. The molecule has 0 saturated carbocycles. The van der Waals surface area contributed by atoms with Gasteiger partial charge in [-0.25, -0.2) is 0 Å². The highest BCUT2D eigenvalue weighted by molar-refractivity contribution is 7.64.